The first kappa shape index (κ1) is 8.13. The van der Waals surface area contributed by atoms with Crippen LogP contribution >= 0.6 is 0 Å². The largest absolute Gasteiger partial charge is 0.393 e. The molecule has 0 unspecified atom stereocenters. The maximum atomic E-state index is 9.14. The van der Waals surface area contributed by atoms with Crippen LogP contribution in [0.1, 0.15) is 12.8 Å². The van der Waals surface area contributed by atoms with Gasteiger partial charge in [-0.3, -0.25) is 0 Å². The lowest BCUT2D eigenvalue weighted by atomic mass is 10.1. The number of piperidine rings is 1. The summed E-state index contributed by atoms with van der Waals surface area (Å²) in [5.41, 5.74) is 5.46. The lowest BCUT2D eigenvalue weighted by molar-refractivity contribution is 0.108. The summed E-state index contributed by atoms with van der Waals surface area (Å²) in [5.74, 6) is 5.35. The molecule has 0 amide bonds. The Morgan fingerprint density at radius 3 is 2.45 bits per heavy atom. The second kappa shape index (κ2) is 3.43. The zero-order chi connectivity index (χ0) is 8.27. The first-order chi connectivity index (χ1) is 5.24. The van der Waals surface area contributed by atoms with Crippen LogP contribution in [0.4, 0.5) is 0 Å². The molecule has 1 aliphatic rings. The highest BCUT2D eigenvalue weighted by atomic mass is 16.3. The lowest BCUT2D eigenvalue weighted by Crippen LogP contribution is -2.44. The van der Waals surface area contributed by atoms with Crippen LogP contribution in [-0.4, -0.2) is 35.2 Å². The van der Waals surface area contributed by atoms with Gasteiger partial charge < -0.3 is 21.6 Å². The smallest absolute Gasteiger partial charge is 0.213 e. The Morgan fingerprint density at radius 1 is 1.45 bits per heavy atom. The Hall–Kier alpha value is -0.970. The Morgan fingerprint density at radius 2 is 2.00 bits per heavy atom. The molecule has 0 aromatic heterocycles. The Labute approximate surface area is 65.7 Å². The summed E-state index contributed by atoms with van der Waals surface area (Å²) in [6.07, 6.45) is 1.31. The summed E-state index contributed by atoms with van der Waals surface area (Å²) in [6, 6.07) is 0. The fraction of sp³-hybridized carbons (Fsp3) is 0.833. The molecule has 1 rings (SSSR count). The molecule has 0 radical (unpaired) electrons. The summed E-state index contributed by atoms with van der Waals surface area (Å²) in [7, 11) is 0. The first-order valence-electron chi connectivity index (χ1n) is 3.70. The molecule has 0 atom stereocenters. The highest BCUT2D eigenvalue weighted by molar-refractivity contribution is 5.77. The molecule has 0 spiro atoms. The predicted molar refractivity (Wildman–Crippen MR) is 42.6 cm³/mol. The Bertz CT molecular complexity index is 151. The van der Waals surface area contributed by atoms with Crippen LogP contribution in [0.5, 0.6) is 0 Å². The summed E-state index contributed by atoms with van der Waals surface area (Å²) in [5, 5.41) is 12.5. The maximum absolute atomic E-state index is 9.14. The van der Waals surface area contributed by atoms with Gasteiger partial charge in [-0.1, -0.05) is 0 Å². The van der Waals surface area contributed by atoms with Gasteiger partial charge in [-0.05, 0) is 12.8 Å². The summed E-state index contributed by atoms with van der Waals surface area (Å²) >= 11 is 0. The molecule has 0 aromatic rings. The van der Waals surface area contributed by atoms with Crippen molar-refractivity contribution in [2.24, 2.45) is 16.7 Å². The second-order valence-electron chi connectivity index (χ2n) is 2.71. The average Bonchev–Trinajstić information content (AvgIpc) is 2.05. The minimum Gasteiger partial charge on any atom is -0.393 e. The molecule has 0 aromatic carbocycles. The topological polar surface area (TPSA) is 87.9 Å². The number of aliphatic hydroxyl groups excluding tert-OH is 1. The molecular weight excluding hydrogens is 144 g/mol. The number of aliphatic hydroxyl groups is 1. The van der Waals surface area contributed by atoms with Crippen molar-refractivity contribution in [1.29, 1.82) is 0 Å². The molecular formula is C6H14N4O. The Kier molecular flexibility index (Phi) is 2.53. The van der Waals surface area contributed by atoms with Crippen LogP contribution in [0.3, 0.4) is 0 Å². The van der Waals surface area contributed by atoms with E-state index in [0.717, 1.165) is 25.9 Å². The normalized spacial score (nSPS) is 22.3. The van der Waals surface area contributed by atoms with Gasteiger partial charge in [0.1, 0.15) is 0 Å². The van der Waals surface area contributed by atoms with E-state index >= 15 is 0 Å². The zero-order valence-electron chi connectivity index (χ0n) is 6.40. The third-order valence-electron chi connectivity index (χ3n) is 1.92. The quantitative estimate of drug-likeness (QED) is 0.176. The highest BCUT2D eigenvalue weighted by Crippen LogP contribution is 2.08. The third kappa shape index (κ3) is 1.98. The average molecular weight is 158 g/mol. The maximum Gasteiger partial charge on any atom is 0.213 e. The lowest BCUT2D eigenvalue weighted by Gasteiger charge is -2.29. The van der Waals surface area contributed by atoms with Gasteiger partial charge in [0.2, 0.25) is 5.96 Å². The van der Waals surface area contributed by atoms with Crippen LogP contribution in [0, 0.1) is 0 Å². The van der Waals surface area contributed by atoms with Crippen molar-refractivity contribution in [3.8, 4) is 0 Å². The molecule has 1 saturated heterocycles. The number of rotatable bonds is 0. The predicted octanol–water partition coefficient (Wildman–Crippen LogP) is -1.37. The van der Waals surface area contributed by atoms with Gasteiger partial charge in [0.05, 0.1) is 6.10 Å². The number of guanidine groups is 1. The molecule has 1 fully saturated rings. The van der Waals surface area contributed by atoms with Crippen LogP contribution in [-0.2, 0) is 0 Å². The zero-order valence-corrected chi connectivity index (χ0v) is 6.40. The van der Waals surface area contributed by atoms with Crippen LogP contribution < -0.4 is 11.6 Å². The van der Waals surface area contributed by atoms with E-state index in [2.05, 4.69) is 5.10 Å². The van der Waals surface area contributed by atoms with Crippen molar-refractivity contribution in [3.63, 3.8) is 0 Å². The van der Waals surface area contributed by atoms with Crippen molar-refractivity contribution in [2.45, 2.75) is 18.9 Å². The van der Waals surface area contributed by atoms with Gasteiger partial charge in [-0.2, -0.15) is 0 Å². The molecule has 11 heavy (non-hydrogen) atoms. The van der Waals surface area contributed by atoms with Crippen molar-refractivity contribution >= 4 is 5.96 Å². The summed E-state index contributed by atoms with van der Waals surface area (Å²) < 4.78 is 0. The number of hydrogen-bond donors (Lipinski definition) is 3. The van der Waals surface area contributed by atoms with Crippen molar-refractivity contribution in [2.75, 3.05) is 13.1 Å². The van der Waals surface area contributed by atoms with Crippen molar-refractivity contribution in [1.82, 2.24) is 4.90 Å². The minimum atomic E-state index is -0.183. The van der Waals surface area contributed by atoms with Gasteiger partial charge in [0, 0.05) is 13.1 Å². The van der Waals surface area contributed by atoms with Crippen molar-refractivity contribution in [3.05, 3.63) is 0 Å². The molecule has 0 saturated carbocycles. The molecule has 5 N–H and O–H groups in total. The standard InChI is InChI=1S/C6H14N4O/c7-6(9-8)10-3-1-5(11)2-4-10/h5,11H,1-4,8H2,(H2,7,9). The second-order valence-corrected chi connectivity index (χ2v) is 2.71. The van der Waals surface area contributed by atoms with Gasteiger partial charge in [-0.15, -0.1) is 5.10 Å². The summed E-state index contributed by atoms with van der Waals surface area (Å²) in [6.45, 7) is 1.49. The minimum absolute atomic E-state index is 0.183. The van der Waals surface area contributed by atoms with Gasteiger partial charge in [0.25, 0.3) is 0 Å². The van der Waals surface area contributed by atoms with E-state index in [9.17, 15) is 0 Å². The number of likely N-dealkylation sites (tertiary alicyclic amines) is 1. The van der Waals surface area contributed by atoms with Gasteiger partial charge >= 0.3 is 0 Å². The van der Waals surface area contributed by atoms with E-state index in [1.165, 1.54) is 0 Å². The summed E-state index contributed by atoms with van der Waals surface area (Å²) in [4.78, 5) is 1.87. The number of nitrogens with two attached hydrogens (primary N) is 2. The van der Waals surface area contributed by atoms with Crippen LogP contribution in [0.25, 0.3) is 0 Å². The third-order valence-corrected chi connectivity index (χ3v) is 1.92. The fourth-order valence-electron chi connectivity index (χ4n) is 1.18. The SMILES string of the molecule is N/N=C(\N)N1CCC(O)CC1. The molecule has 0 bridgehead atoms. The van der Waals surface area contributed by atoms with E-state index in [0.29, 0.717) is 5.96 Å². The molecule has 64 valence electrons. The van der Waals surface area contributed by atoms with Crippen LogP contribution in [0.2, 0.25) is 0 Å². The molecule has 5 heteroatoms. The van der Waals surface area contributed by atoms with E-state index in [4.69, 9.17) is 16.7 Å². The van der Waals surface area contributed by atoms with E-state index in [-0.39, 0.29) is 6.10 Å². The fourth-order valence-corrected chi connectivity index (χ4v) is 1.18. The van der Waals surface area contributed by atoms with Crippen molar-refractivity contribution < 1.29 is 5.11 Å². The molecule has 1 heterocycles. The number of nitrogens with zero attached hydrogens (tertiary/aromatic N) is 2. The molecule has 5 nitrogen and oxygen atoms in total. The van der Waals surface area contributed by atoms with E-state index < -0.39 is 0 Å². The Balaban J connectivity index is 2.39. The van der Waals surface area contributed by atoms with Gasteiger partial charge in [-0.25, -0.2) is 0 Å². The van der Waals surface area contributed by atoms with E-state index in [1.54, 1.807) is 0 Å². The monoisotopic (exact) mass is 158 g/mol. The van der Waals surface area contributed by atoms with Gasteiger partial charge in [0.15, 0.2) is 0 Å². The first-order valence-corrected chi connectivity index (χ1v) is 3.70. The van der Waals surface area contributed by atoms with Crippen LogP contribution in [0.15, 0.2) is 5.10 Å². The molecule has 1 aliphatic heterocycles. The van der Waals surface area contributed by atoms with E-state index in [1.807, 2.05) is 4.90 Å². The highest BCUT2D eigenvalue weighted by Gasteiger charge is 2.17. The molecule has 0 aliphatic carbocycles. The number of hydrogen-bond acceptors (Lipinski definition) is 3. The number of hydrazone groups is 1.